The molecule has 0 heterocycles. The molecule has 0 saturated heterocycles. The predicted octanol–water partition coefficient (Wildman–Crippen LogP) is 5.62. The van der Waals surface area contributed by atoms with E-state index in [2.05, 4.69) is 47.6 Å². The van der Waals surface area contributed by atoms with E-state index < -0.39 is 11.9 Å². The first-order valence-electron chi connectivity index (χ1n) is 9.30. The van der Waals surface area contributed by atoms with Crippen LogP contribution < -0.4 is 9.47 Å². The van der Waals surface area contributed by atoms with Crippen LogP contribution >= 0.6 is 11.6 Å². The fraction of sp³-hybridized carbons (Fsp3) is 0.391. The number of benzene rings is 2. The van der Waals surface area contributed by atoms with Gasteiger partial charge in [0.25, 0.3) is 0 Å². The average Bonchev–Trinajstić information content (AvgIpc) is 2.59. The molecule has 6 heteroatoms. The highest BCUT2D eigenvalue weighted by Crippen LogP contribution is 2.35. The smallest absolute Gasteiger partial charge is 0.349 e. The Hall–Kier alpha value is -2.53. The van der Waals surface area contributed by atoms with E-state index in [1.165, 1.54) is 23.8 Å². The highest BCUT2D eigenvalue weighted by atomic mass is 35.5. The molecule has 0 atom stereocenters. The molecule has 0 saturated carbocycles. The zero-order valence-corrected chi connectivity index (χ0v) is 18.4. The van der Waals surface area contributed by atoms with Crippen molar-refractivity contribution in [1.82, 2.24) is 0 Å². The number of carboxylic acids is 1. The average molecular weight is 419 g/mol. The van der Waals surface area contributed by atoms with Crippen LogP contribution in [-0.2, 0) is 15.6 Å². The van der Waals surface area contributed by atoms with Crippen molar-refractivity contribution in [2.24, 2.45) is 0 Å². The van der Waals surface area contributed by atoms with Gasteiger partial charge in [0.2, 0.25) is 0 Å². The Kier molecular flexibility index (Phi) is 6.63. The van der Waals surface area contributed by atoms with Crippen molar-refractivity contribution < 1.29 is 24.2 Å². The van der Waals surface area contributed by atoms with Gasteiger partial charge in [-0.3, -0.25) is 0 Å². The third kappa shape index (κ3) is 5.97. The molecule has 0 spiro atoms. The molecule has 0 aliphatic heterocycles. The van der Waals surface area contributed by atoms with Gasteiger partial charge in [-0.05, 0) is 46.2 Å². The number of ether oxygens (including phenoxy) is 2. The number of hydrogen-bond acceptors (Lipinski definition) is 4. The molecule has 5 nitrogen and oxygen atoms in total. The fourth-order valence-electron chi connectivity index (χ4n) is 2.76. The Morgan fingerprint density at radius 1 is 0.931 bits per heavy atom. The molecule has 0 amide bonds. The second-order valence-electron chi connectivity index (χ2n) is 8.92. The van der Waals surface area contributed by atoms with Gasteiger partial charge in [-0.1, -0.05) is 65.3 Å². The fourth-order valence-corrected chi connectivity index (χ4v) is 2.93. The summed E-state index contributed by atoms with van der Waals surface area (Å²) in [6, 6.07) is 9.98. The van der Waals surface area contributed by atoms with Gasteiger partial charge in [0.05, 0.1) is 0 Å². The van der Waals surface area contributed by atoms with Crippen molar-refractivity contribution in [2.75, 3.05) is 6.61 Å². The van der Waals surface area contributed by atoms with E-state index in [1.807, 2.05) is 12.1 Å². The molecule has 29 heavy (non-hydrogen) atoms. The molecular weight excluding hydrogens is 392 g/mol. The summed E-state index contributed by atoms with van der Waals surface area (Å²) in [5.41, 5.74) is 1.77. The second kappa shape index (κ2) is 8.46. The number of rotatable bonds is 5. The molecule has 0 aliphatic rings. The molecule has 0 fully saturated rings. The summed E-state index contributed by atoms with van der Waals surface area (Å²) in [6.07, 6.45) is 0. The summed E-state index contributed by atoms with van der Waals surface area (Å²) in [6.45, 7) is 12.3. The van der Waals surface area contributed by atoms with Crippen LogP contribution in [0.5, 0.6) is 11.5 Å². The number of halogens is 1. The van der Waals surface area contributed by atoms with Gasteiger partial charge in [-0.25, -0.2) is 9.59 Å². The topological polar surface area (TPSA) is 72.8 Å². The number of hydrogen-bond donors (Lipinski definition) is 1. The first-order valence-corrected chi connectivity index (χ1v) is 9.68. The van der Waals surface area contributed by atoms with E-state index in [1.54, 1.807) is 0 Å². The van der Waals surface area contributed by atoms with Gasteiger partial charge >= 0.3 is 11.9 Å². The molecule has 0 aliphatic carbocycles. The van der Waals surface area contributed by atoms with E-state index in [-0.39, 0.29) is 33.8 Å². The van der Waals surface area contributed by atoms with E-state index in [0.29, 0.717) is 5.75 Å². The lowest BCUT2D eigenvalue weighted by atomic mass is 9.80. The van der Waals surface area contributed by atoms with Crippen LogP contribution in [0.4, 0.5) is 0 Å². The minimum atomic E-state index is -1.23. The molecule has 2 rings (SSSR count). The number of aromatic carboxylic acids is 1. The van der Waals surface area contributed by atoms with E-state index in [0.717, 1.165) is 5.56 Å². The molecule has 156 valence electrons. The number of esters is 1. The van der Waals surface area contributed by atoms with Crippen molar-refractivity contribution in [3.05, 3.63) is 58.1 Å². The molecule has 0 unspecified atom stereocenters. The van der Waals surface area contributed by atoms with Crippen LogP contribution in [0.25, 0.3) is 0 Å². The monoisotopic (exact) mass is 418 g/mol. The Bertz CT molecular complexity index is 920. The van der Waals surface area contributed by atoms with Crippen LogP contribution in [0.15, 0.2) is 36.4 Å². The Morgan fingerprint density at radius 3 is 2.10 bits per heavy atom. The summed E-state index contributed by atoms with van der Waals surface area (Å²) in [4.78, 5) is 23.6. The third-order valence-electron chi connectivity index (χ3n) is 4.39. The van der Waals surface area contributed by atoms with Crippen LogP contribution in [-0.4, -0.2) is 23.7 Å². The summed E-state index contributed by atoms with van der Waals surface area (Å²) < 4.78 is 10.9. The van der Waals surface area contributed by atoms with E-state index >= 15 is 0 Å². The van der Waals surface area contributed by atoms with Crippen molar-refractivity contribution >= 4 is 23.5 Å². The van der Waals surface area contributed by atoms with E-state index in [9.17, 15) is 14.7 Å². The SMILES string of the molecule is CC(C)(C)c1ccc(OCC(=O)Oc2ccc(Cl)cc2C(=O)O)c(C(C)(C)C)c1. The lowest BCUT2D eigenvalue weighted by Gasteiger charge is -2.27. The second-order valence-corrected chi connectivity index (χ2v) is 9.36. The number of carbonyl (C=O) groups is 2. The number of carboxylic acid groups (broad SMARTS) is 1. The largest absolute Gasteiger partial charge is 0.482 e. The van der Waals surface area contributed by atoms with Crippen LogP contribution in [0.2, 0.25) is 5.02 Å². The van der Waals surface area contributed by atoms with Crippen molar-refractivity contribution in [3.63, 3.8) is 0 Å². The highest BCUT2D eigenvalue weighted by Gasteiger charge is 2.24. The first-order chi connectivity index (χ1) is 13.3. The molecule has 2 aromatic rings. The zero-order valence-electron chi connectivity index (χ0n) is 17.6. The molecule has 0 bridgehead atoms. The van der Waals surface area contributed by atoms with Crippen molar-refractivity contribution in [3.8, 4) is 11.5 Å². The normalized spacial score (nSPS) is 11.8. The lowest BCUT2D eigenvalue weighted by Crippen LogP contribution is -2.22. The van der Waals surface area contributed by atoms with Crippen molar-refractivity contribution in [1.29, 1.82) is 0 Å². The number of carbonyl (C=O) groups excluding carboxylic acids is 1. The Balaban J connectivity index is 2.20. The van der Waals surface area contributed by atoms with Gasteiger partial charge in [0.1, 0.15) is 17.1 Å². The molecular formula is C23H27ClO5. The van der Waals surface area contributed by atoms with Gasteiger partial charge in [-0.2, -0.15) is 0 Å². The molecule has 2 aromatic carbocycles. The zero-order chi connectivity index (χ0) is 22.0. The molecule has 0 aromatic heterocycles. The van der Waals surface area contributed by atoms with Crippen LogP contribution in [0, 0.1) is 0 Å². The van der Waals surface area contributed by atoms with Gasteiger partial charge in [0, 0.05) is 5.02 Å². The Morgan fingerprint density at radius 2 is 1.55 bits per heavy atom. The maximum absolute atomic E-state index is 12.3. The summed E-state index contributed by atoms with van der Waals surface area (Å²) >= 11 is 5.81. The predicted molar refractivity (Wildman–Crippen MR) is 113 cm³/mol. The minimum Gasteiger partial charge on any atom is -0.482 e. The van der Waals surface area contributed by atoms with Crippen molar-refractivity contribution in [2.45, 2.75) is 52.4 Å². The van der Waals surface area contributed by atoms with Gasteiger partial charge in [0.15, 0.2) is 6.61 Å². The lowest BCUT2D eigenvalue weighted by molar-refractivity contribution is -0.136. The van der Waals surface area contributed by atoms with Crippen LogP contribution in [0.3, 0.4) is 0 Å². The summed E-state index contributed by atoms with van der Waals surface area (Å²) in [7, 11) is 0. The highest BCUT2D eigenvalue weighted by molar-refractivity contribution is 6.31. The van der Waals surface area contributed by atoms with Gasteiger partial charge < -0.3 is 14.6 Å². The maximum Gasteiger partial charge on any atom is 0.349 e. The Labute approximate surface area is 176 Å². The maximum atomic E-state index is 12.3. The van der Waals surface area contributed by atoms with E-state index in [4.69, 9.17) is 21.1 Å². The first kappa shape index (κ1) is 22.8. The quantitative estimate of drug-likeness (QED) is 0.504. The minimum absolute atomic E-state index is 0.0146. The summed E-state index contributed by atoms with van der Waals surface area (Å²) in [5, 5.41) is 9.49. The molecule has 1 N–H and O–H groups in total. The third-order valence-corrected chi connectivity index (χ3v) is 4.63. The summed E-state index contributed by atoms with van der Waals surface area (Å²) in [5.74, 6) is -1.41. The standard InChI is InChI=1S/C23H27ClO5/c1-22(2,3)14-7-9-19(17(11-14)23(4,5)6)28-13-20(25)29-18-10-8-15(24)12-16(18)21(26)27/h7-12H,13H2,1-6H3,(H,26,27). The van der Waals surface area contributed by atoms with Crippen LogP contribution in [0.1, 0.15) is 63.0 Å². The molecule has 0 radical (unpaired) electrons. The van der Waals surface area contributed by atoms with Gasteiger partial charge in [-0.15, -0.1) is 0 Å².